The quantitative estimate of drug-likeness (QED) is 0.216. The van der Waals surface area contributed by atoms with Crippen LogP contribution in [0.1, 0.15) is 11.1 Å². The van der Waals surface area contributed by atoms with Crippen molar-refractivity contribution in [3.63, 3.8) is 0 Å². The highest BCUT2D eigenvalue weighted by molar-refractivity contribution is 5.81. The molecule has 0 N–H and O–H groups in total. The Bertz CT molecular complexity index is 1500. The zero-order valence-corrected chi connectivity index (χ0v) is 22.1. The van der Waals surface area contributed by atoms with Gasteiger partial charge in [0.25, 0.3) is 0 Å². The Morgan fingerprint density at radius 3 is 1.23 bits per heavy atom. The van der Waals surface area contributed by atoms with E-state index in [2.05, 4.69) is 128 Å². The normalized spacial score (nSPS) is 10.8. The first kappa shape index (κ1) is 24.8. The number of aryl methyl sites for hydroxylation is 2. The summed E-state index contributed by atoms with van der Waals surface area (Å²) in [7, 11) is 0. The maximum Gasteiger partial charge on any atom is 0.240 e. The Hall–Kier alpha value is -5.50. The second-order valence-corrected chi connectivity index (χ2v) is 9.22. The molecule has 8 nitrogen and oxygen atoms in total. The fraction of sp³-hybridized carbons (Fsp3) is 0.0625. The SMILES string of the molecule is Cc1cc(N(c2ccccc2)c2ccccc2)ccc1-c1ccc(N(c2ncncn2)c2ncncn2)cc1C. The zero-order chi connectivity index (χ0) is 27.3. The Kier molecular flexibility index (Phi) is 6.88. The molecule has 4 aromatic carbocycles. The van der Waals surface area contributed by atoms with Crippen molar-refractivity contribution in [2.75, 3.05) is 9.80 Å². The van der Waals surface area contributed by atoms with Gasteiger partial charge in [0.15, 0.2) is 0 Å². The Morgan fingerprint density at radius 1 is 0.425 bits per heavy atom. The van der Waals surface area contributed by atoms with Crippen LogP contribution in [0.3, 0.4) is 0 Å². The molecule has 0 saturated carbocycles. The van der Waals surface area contributed by atoms with Gasteiger partial charge < -0.3 is 4.90 Å². The van der Waals surface area contributed by atoms with Crippen LogP contribution in [0.5, 0.6) is 0 Å². The van der Waals surface area contributed by atoms with Crippen molar-refractivity contribution < 1.29 is 0 Å². The predicted octanol–water partition coefficient (Wildman–Crippen LogP) is 7.28. The number of benzene rings is 4. The van der Waals surface area contributed by atoms with Gasteiger partial charge in [-0.15, -0.1) is 0 Å². The minimum Gasteiger partial charge on any atom is -0.310 e. The lowest BCUT2D eigenvalue weighted by Gasteiger charge is -2.26. The molecule has 2 heterocycles. The number of hydrogen-bond donors (Lipinski definition) is 0. The summed E-state index contributed by atoms with van der Waals surface area (Å²) in [6.45, 7) is 4.26. The average molecular weight is 523 g/mol. The van der Waals surface area contributed by atoms with Gasteiger partial charge >= 0.3 is 0 Å². The van der Waals surface area contributed by atoms with Crippen LogP contribution in [-0.2, 0) is 0 Å². The van der Waals surface area contributed by atoms with Crippen molar-refractivity contribution in [2.45, 2.75) is 13.8 Å². The van der Waals surface area contributed by atoms with E-state index in [4.69, 9.17) is 0 Å². The van der Waals surface area contributed by atoms with Crippen LogP contribution in [-0.4, -0.2) is 29.9 Å². The monoisotopic (exact) mass is 522 g/mol. The third-order valence-corrected chi connectivity index (χ3v) is 6.61. The van der Waals surface area contributed by atoms with Gasteiger partial charge in [-0.2, -0.15) is 0 Å². The number of anilines is 6. The molecule has 6 aromatic rings. The van der Waals surface area contributed by atoms with Crippen LogP contribution in [0.15, 0.2) is 122 Å². The summed E-state index contributed by atoms with van der Waals surface area (Å²) in [5.74, 6) is 0.853. The van der Waals surface area contributed by atoms with Crippen molar-refractivity contribution >= 4 is 34.6 Å². The maximum atomic E-state index is 4.33. The highest BCUT2D eigenvalue weighted by atomic mass is 15.3. The molecular formula is C32H26N8. The first-order chi connectivity index (χ1) is 19.7. The molecule has 8 heteroatoms. The van der Waals surface area contributed by atoms with Gasteiger partial charge in [-0.25, -0.2) is 34.8 Å². The van der Waals surface area contributed by atoms with Gasteiger partial charge in [0.05, 0.1) is 5.69 Å². The second-order valence-electron chi connectivity index (χ2n) is 9.22. The third-order valence-electron chi connectivity index (χ3n) is 6.61. The van der Waals surface area contributed by atoms with Gasteiger partial charge in [-0.1, -0.05) is 48.5 Å². The van der Waals surface area contributed by atoms with Crippen molar-refractivity contribution in [1.82, 2.24) is 29.9 Å². The second kappa shape index (κ2) is 11.1. The van der Waals surface area contributed by atoms with E-state index in [1.165, 1.54) is 36.4 Å². The van der Waals surface area contributed by atoms with Crippen molar-refractivity contribution in [3.05, 3.63) is 133 Å². The molecular weight excluding hydrogens is 496 g/mol. The number of nitrogens with zero attached hydrogens (tertiary/aromatic N) is 8. The molecule has 194 valence electrons. The van der Waals surface area contributed by atoms with Gasteiger partial charge in [0.2, 0.25) is 11.9 Å². The molecule has 40 heavy (non-hydrogen) atoms. The van der Waals surface area contributed by atoms with E-state index in [1.807, 2.05) is 18.2 Å². The van der Waals surface area contributed by atoms with Crippen LogP contribution < -0.4 is 9.80 Å². The predicted molar refractivity (Wildman–Crippen MR) is 157 cm³/mol. The molecule has 0 bridgehead atoms. The summed E-state index contributed by atoms with van der Waals surface area (Å²) in [5, 5.41) is 0. The number of hydrogen-bond acceptors (Lipinski definition) is 8. The van der Waals surface area contributed by atoms with E-state index in [1.54, 1.807) is 4.90 Å². The van der Waals surface area contributed by atoms with E-state index < -0.39 is 0 Å². The van der Waals surface area contributed by atoms with Crippen molar-refractivity contribution in [2.24, 2.45) is 0 Å². The van der Waals surface area contributed by atoms with Crippen molar-refractivity contribution in [1.29, 1.82) is 0 Å². The Morgan fingerprint density at radius 2 is 0.825 bits per heavy atom. The lowest BCUT2D eigenvalue weighted by molar-refractivity contribution is 0.948. The summed E-state index contributed by atoms with van der Waals surface area (Å²) in [6, 6.07) is 33.7. The Labute approximate surface area is 232 Å². The molecule has 0 amide bonds. The first-order valence-corrected chi connectivity index (χ1v) is 12.8. The van der Waals surface area contributed by atoms with Gasteiger partial charge in [-0.05, 0) is 84.6 Å². The fourth-order valence-corrected chi connectivity index (χ4v) is 4.80. The molecule has 2 aromatic heterocycles. The minimum absolute atomic E-state index is 0.427. The number of para-hydroxylation sites is 2. The fourth-order valence-electron chi connectivity index (χ4n) is 4.80. The van der Waals surface area contributed by atoms with Crippen LogP contribution in [0.25, 0.3) is 11.1 Å². The number of aromatic nitrogens is 6. The lowest BCUT2D eigenvalue weighted by Crippen LogP contribution is -2.16. The lowest BCUT2D eigenvalue weighted by atomic mass is 9.95. The smallest absolute Gasteiger partial charge is 0.240 e. The summed E-state index contributed by atoms with van der Waals surface area (Å²) in [4.78, 5) is 29.3. The summed E-state index contributed by atoms with van der Waals surface area (Å²) < 4.78 is 0. The standard InChI is InChI=1S/C32H26N8/c1-23-17-27(39(25-9-5-3-6-10-25)26-11-7-4-8-12-26)13-15-29(23)30-16-14-28(18-24(30)2)40(31-35-19-33-20-36-31)32-37-21-34-22-38-32/h3-22H,1-2H3. The molecule has 0 spiro atoms. The zero-order valence-electron chi connectivity index (χ0n) is 22.1. The van der Waals surface area contributed by atoms with Crippen LogP contribution in [0.4, 0.5) is 34.6 Å². The molecule has 0 unspecified atom stereocenters. The maximum absolute atomic E-state index is 4.33. The molecule has 0 aliphatic heterocycles. The first-order valence-electron chi connectivity index (χ1n) is 12.8. The molecule has 0 fully saturated rings. The van der Waals surface area contributed by atoms with Crippen LogP contribution >= 0.6 is 0 Å². The van der Waals surface area contributed by atoms with E-state index in [0.29, 0.717) is 11.9 Å². The van der Waals surface area contributed by atoms with Gasteiger partial charge in [-0.3, -0.25) is 0 Å². The average Bonchev–Trinajstić information content (AvgIpc) is 3.00. The highest BCUT2D eigenvalue weighted by Crippen LogP contribution is 2.38. The van der Waals surface area contributed by atoms with Gasteiger partial charge in [0, 0.05) is 17.1 Å². The molecule has 0 aliphatic rings. The van der Waals surface area contributed by atoms with E-state index >= 15 is 0 Å². The Balaban J connectivity index is 1.38. The van der Waals surface area contributed by atoms with Crippen LogP contribution in [0.2, 0.25) is 0 Å². The van der Waals surface area contributed by atoms with Gasteiger partial charge in [0.1, 0.15) is 25.3 Å². The third kappa shape index (κ3) is 4.98. The summed E-state index contributed by atoms with van der Waals surface area (Å²) in [6.07, 6.45) is 5.82. The molecule has 0 aliphatic carbocycles. The van der Waals surface area contributed by atoms with Crippen molar-refractivity contribution in [3.8, 4) is 11.1 Å². The molecule has 0 atom stereocenters. The highest BCUT2D eigenvalue weighted by Gasteiger charge is 2.19. The topological polar surface area (TPSA) is 83.8 Å². The van der Waals surface area contributed by atoms with E-state index in [0.717, 1.165) is 33.9 Å². The van der Waals surface area contributed by atoms with Crippen LogP contribution in [0, 0.1) is 13.8 Å². The minimum atomic E-state index is 0.427. The summed E-state index contributed by atoms with van der Waals surface area (Å²) in [5.41, 5.74) is 8.75. The molecule has 0 saturated heterocycles. The number of rotatable bonds is 7. The summed E-state index contributed by atoms with van der Waals surface area (Å²) >= 11 is 0. The molecule has 6 rings (SSSR count). The molecule has 0 radical (unpaired) electrons. The van der Waals surface area contributed by atoms with E-state index in [-0.39, 0.29) is 0 Å². The largest absolute Gasteiger partial charge is 0.310 e. The van der Waals surface area contributed by atoms with E-state index in [9.17, 15) is 0 Å².